The summed E-state index contributed by atoms with van der Waals surface area (Å²) in [6.45, 7) is 4.89. The fourth-order valence-corrected chi connectivity index (χ4v) is 6.39. The van der Waals surface area contributed by atoms with Crippen molar-refractivity contribution in [3.63, 3.8) is 0 Å². The van der Waals surface area contributed by atoms with Crippen molar-refractivity contribution in [2.24, 2.45) is 0 Å². The van der Waals surface area contributed by atoms with Gasteiger partial charge in [-0.05, 0) is 49.6 Å². The molecule has 2 aromatic rings. The average molecular weight is 407 g/mol. The van der Waals surface area contributed by atoms with E-state index < -0.39 is 47.5 Å². The van der Waals surface area contributed by atoms with Gasteiger partial charge in [0.1, 0.15) is 22.9 Å². The molecule has 0 saturated heterocycles. The molecule has 1 aromatic carbocycles. The Morgan fingerprint density at radius 2 is 1.71 bits per heavy atom. The number of hydrogen-bond donors (Lipinski definition) is 6. The molecule has 1 heterocycles. The highest BCUT2D eigenvalue weighted by atomic mass is 32.1. The molecule has 0 bridgehead atoms. The predicted molar refractivity (Wildman–Crippen MR) is 104 cm³/mol. The summed E-state index contributed by atoms with van der Waals surface area (Å²) in [4.78, 5) is 1.57. The van der Waals surface area contributed by atoms with Gasteiger partial charge in [-0.25, -0.2) is 0 Å². The minimum atomic E-state index is -2.22. The van der Waals surface area contributed by atoms with Crippen molar-refractivity contribution in [1.29, 1.82) is 0 Å². The number of aryl methyl sites for hydroxylation is 3. The smallest absolute Gasteiger partial charge is 0.139 e. The summed E-state index contributed by atoms with van der Waals surface area (Å²) in [5.41, 5.74) is -4.04. The molecule has 3 unspecified atom stereocenters. The minimum Gasteiger partial charge on any atom is -0.394 e. The third kappa shape index (κ3) is 2.02. The minimum absolute atomic E-state index is 0.491. The standard InChI is InChI=1S/C21H26O6S/c1-10-4-6-13(8-11(10)2)17-19(25,15(23)9-22)21(27)16(18(24)20(17,21)26)14-7-5-12(3)28-14/h4-8,15-18,22-27H,9H2,1-3H3/t15-,16?,17?,18?,19+,20+,21+/m1/s1. The topological polar surface area (TPSA) is 121 Å². The molecule has 7 heteroatoms. The zero-order valence-electron chi connectivity index (χ0n) is 16.0. The van der Waals surface area contributed by atoms with Gasteiger partial charge in [-0.2, -0.15) is 0 Å². The highest BCUT2D eigenvalue weighted by Crippen LogP contribution is 2.75. The second-order valence-electron chi connectivity index (χ2n) is 8.26. The van der Waals surface area contributed by atoms with E-state index in [1.54, 1.807) is 18.2 Å². The molecule has 1 aromatic heterocycles. The average Bonchev–Trinajstić information content (AvgIpc) is 3.08. The molecule has 28 heavy (non-hydrogen) atoms. The van der Waals surface area contributed by atoms with Crippen LogP contribution in [0.5, 0.6) is 0 Å². The maximum atomic E-state index is 11.5. The normalized spacial score (nSPS) is 40.4. The molecule has 152 valence electrons. The Hall–Kier alpha value is -1.32. The highest BCUT2D eigenvalue weighted by molar-refractivity contribution is 7.12. The van der Waals surface area contributed by atoms with E-state index in [9.17, 15) is 30.6 Å². The van der Waals surface area contributed by atoms with Crippen LogP contribution >= 0.6 is 11.3 Å². The summed E-state index contributed by atoms with van der Waals surface area (Å²) >= 11 is 1.35. The van der Waals surface area contributed by atoms with E-state index in [4.69, 9.17) is 0 Å². The van der Waals surface area contributed by atoms with Crippen molar-refractivity contribution < 1.29 is 30.6 Å². The molecule has 7 atom stereocenters. The van der Waals surface area contributed by atoms with Gasteiger partial charge >= 0.3 is 0 Å². The molecule has 0 amide bonds. The summed E-state index contributed by atoms with van der Waals surface area (Å²) in [5.74, 6) is -2.12. The van der Waals surface area contributed by atoms with Gasteiger partial charge in [0, 0.05) is 9.75 Å². The summed E-state index contributed by atoms with van der Waals surface area (Å²) in [7, 11) is 0. The number of fused-ring (bicyclic) bond motifs is 1. The van der Waals surface area contributed by atoms with Gasteiger partial charge in [-0.1, -0.05) is 18.2 Å². The monoisotopic (exact) mass is 406 g/mol. The SMILES string of the molecule is Cc1ccc(C2C(O)[C@@]3(O)C(c4ccc(C)c(C)c4)[C@@](O)([C@H](O)CO)[C@@]23O)s1. The Labute approximate surface area is 167 Å². The molecule has 2 aliphatic carbocycles. The third-order valence-electron chi connectivity index (χ3n) is 6.93. The zero-order chi connectivity index (χ0) is 20.6. The molecular formula is C21H26O6S. The Kier molecular flexibility index (Phi) is 4.34. The van der Waals surface area contributed by atoms with Crippen molar-refractivity contribution in [2.75, 3.05) is 6.61 Å². The quantitative estimate of drug-likeness (QED) is 0.439. The van der Waals surface area contributed by atoms with Crippen LogP contribution in [-0.4, -0.2) is 66.3 Å². The van der Waals surface area contributed by atoms with Crippen molar-refractivity contribution in [3.8, 4) is 0 Å². The van der Waals surface area contributed by atoms with E-state index in [0.717, 1.165) is 16.0 Å². The van der Waals surface area contributed by atoms with E-state index in [1.807, 2.05) is 32.9 Å². The lowest BCUT2D eigenvalue weighted by Gasteiger charge is -2.80. The number of hydrogen-bond acceptors (Lipinski definition) is 7. The van der Waals surface area contributed by atoms with Gasteiger partial charge in [-0.15, -0.1) is 11.3 Å². The largest absolute Gasteiger partial charge is 0.394 e. The Morgan fingerprint density at radius 1 is 1.04 bits per heavy atom. The second-order valence-corrected chi connectivity index (χ2v) is 9.58. The fourth-order valence-electron chi connectivity index (χ4n) is 5.32. The van der Waals surface area contributed by atoms with E-state index in [2.05, 4.69) is 0 Å². The zero-order valence-corrected chi connectivity index (χ0v) is 16.8. The van der Waals surface area contributed by atoms with Gasteiger partial charge in [0.25, 0.3) is 0 Å². The molecule has 0 spiro atoms. The summed E-state index contributed by atoms with van der Waals surface area (Å²) in [5, 5.41) is 65.3. The summed E-state index contributed by atoms with van der Waals surface area (Å²) in [6, 6.07) is 8.86. The molecular weight excluding hydrogens is 380 g/mol. The third-order valence-corrected chi connectivity index (χ3v) is 8.01. The molecule has 2 aliphatic rings. The van der Waals surface area contributed by atoms with E-state index in [-0.39, 0.29) is 0 Å². The van der Waals surface area contributed by atoms with Gasteiger partial charge < -0.3 is 30.6 Å². The first-order chi connectivity index (χ1) is 13.0. The Bertz CT molecular complexity index is 927. The van der Waals surface area contributed by atoms with Crippen LogP contribution in [0.15, 0.2) is 30.3 Å². The first-order valence-electron chi connectivity index (χ1n) is 9.32. The molecule has 0 radical (unpaired) electrons. The van der Waals surface area contributed by atoms with Crippen molar-refractivity contribution in [3.05, 3.63) is 56.8 Å². The van der Waals surface area contributed by atoms with Gasteiger partial charge in [-0.3, -0.25) is 0 Å². The lowest BCUT2D eigenvalue weighted by Crippen LogP contribution is -2.99. The molecule has 2 saturated carbocycles. The van der Waals surface area contributed by atoms with Gasteiger partial charge in [0.15, 0.2) is 0 Å². The number of aliphatic hydroxyl groups is 6. The van der Waals surface area contributed by atoms with Gasteiger partial charge in [0.05, 0.1) is 24.5 Å². The lowest BCUT2D eigenvalue weighted by atomic mass is 9.30. The summed E-state index contributed by atoms with van der Waals surface area (Å²) < 4.78 is 0. The van der Waals surface area contributed by atoms with Crippen LogP contribution in [0.4, 0.5) is 0 Å². The van der Waals surface area contributed by atoms with Crippen molar-refractivity contribution in [2.45, 2.75) is 61.6 Å². The first kappa shape index (κ1) is 20.0. The van der Waals surface area contributed by atoms with E-state index >= 15 is 0 Å². The van der Waals surface area contributed by atoms with Gasteiger partial charge in [0.2, 0.25) is 0 Å². The Balaban J connectivity index is 1.86. The van der Waals surface area contributed by atoms with E-state index in [0.29, 0.717) is 10.4 Å². The molecule has 2 fully saturated rings. The molecule has 0 aliphatic heterocycles. The predicted octanol–water partition coefficient (Wildman–Crippen LogP) is 0.475. The maximum absolute atomic E-state index is 11.5. The van der Waals surface area contributed by atoms with Crippen LogP contribution < -0.4 is 0 Å². The van der Waals surface area contributed by atoms with Crippen LogP contribution in [0.3, 0.4) is 0 Å². The molecule has 4 rings (SSSR count). The fraction of sp³-hybridized carbons (Fsp3) is 0.524. The molecule has 6 nitrogen and oxygen atoms in total. The van der Waals surface area contributed by atoms with Crippen LogP contribution in [0.25, 0.3) is 0 Å². The number of benzene rings is 1. The van der Waals surface area contributed by atoms with Crippen LogP contribution in [0.1, 0.15) is 38.3 Å². The van der Waals surface area contributed by atoms with Crippen LogP contribution in [0, 0.1) is 20.8 Å². The molecule has 6 N–H and O–H groups in total. The van der Waals surface area contributed by atoms with E-state index in [1.165, 1.54) is 11.3 Å². The number of thiophene rings is 1. The number of rotatable bonds is 4. The van der Waals surface area contributed by atoms with Crippen molar-refractivity contribution >= 4 is 11.3 Å². The highest BCUT2D eigenvalue weighted by Gasteiger charge is 2.93. The Morgan fingerprint density at radius 3 is 2.25 bits per heavy atom. The van der Waals surface area contributed by atoms with Crippen LogP contribution in [-0.2, 0) is 0 Å². The summed E-state index contributed by atoms with van der Waals surface area (Å²) in [6.07, 6.45) is -3.02. The second kappa shape index (κ2) is 6.09. The van der Waals surface area contributed by atoms with Crippen LogP contribution in [0.2, 0.25) is 0 Å². The lowest BCUT2D eigenvalue weighted by molar-refractivity contribution is -0.459. The first-order valence-corrected chi connectivity index (χ1v) is 10.1. The number of aliphatic hydroxyl groups excluding tert-OH is 3. The van der Waals surface area contributed by atoms with Crippen molar-refractivity contribution in [1.82, 2.24) is 0 Å². The maximum Gasteiger partial charge on any atom is 0.139 e.